The minimum atomic E-state index is -0.167. The lowest BCUT2D eigenvalue weighted by Crippen LogP contribution is -2.22. The molecule has 0 saturated carbocycles. The van der Waals surface area contributed by atoms with Crippen molar-refractivity contribution in [2.45, 2.75) is 39.3 Å². The summed E-state index contributed by atoms with van der Waals surface area (Å²) in [5.41, 5.74) is 0. The van der Waals surface area contributed by atoms with Crippen molar-refractivity contribution < 1.29 is 9.53 Å². The molecule has 0 aromatic carbocycles. The van der Waals surface area contributed by atoms with E-state index in [1.165, 1.54) is 7.11 Å². The Kier molecular flexibility index (Phi) is 6.27. The lowest BCUT2D eigenvalue weighted by Gasteiger charge is -2.15. The molecule has 1 aromatic rings. The van der Waals surface area contributed by atoms with Crippen LogP contribution in [0.5, 0.6) is 0 Å². The molecule has 0 bridgehead atoms. The normalized spacial score (nSPS) is 10.9. The summed E-state index contributed by atoms with van der Waals surface area (Å²) >= 11 is 0. The second-order valence-corrected chi connectivity index (χ2v) is 4.24. The van der Waals surface area contributed by atoms with E-state index in [4.69, 9.17) is 0 Å². The van der Waals surface area contributed by atoms with E-state index < -0.39 is 0 Å². The molecule has 0 saturated heterocycles. The van der Waals surface area contributed by atoms with Crippen LogP contribution in [0, 0.1) is 0 Å². The Morgan fingerprint density at radius 1 is 1.50 bits per heavy atom. The van der Waals surface area contributed by atoms with E-state index in [1.54, 1.807) is 0 Å². The number of ether oxygens (including phenoxy) is 1. The van der Waals surface area contributed by atoms with Gasteiger partial charge in [0.2, 0.25) is 0 Å². The van der Waals surface area contributed by atoms with E-state index in [9.17, 15) is 4.79 Å². The lowest BCUT2D eigenvalue weighted by molar-refractivity contribution is -0.140. The van der Waals surface area contributed by atoms with Gasteiger partial charge in [-0.05, 0) is 36.9 Å². The highest BCUT2D eigenvalue weighted by Crippen LogP contribution is 2.01. The molecule has 0 spiro atoms. The van der Waals surface area contributed by atoms with Crippen LogP contribution >= 0.6 is 0 Å². The SMILES string of the molecule is CCCn1nnnc1CN(C)CCCC(=O)OC. The van der Waals surface area contributed by atoms with Crippen molar-refractivity contribution in [2.75, 3.05) is 20.7 Å². The van der Waals surface area contributed by atoms with E-state index in [0.717, 1.165) is 31.8 Å². The summed E-state index contributed by atoms with van der Waals surface area (Å²) in [6.45, 7) is 4.42. The van der Waals surface area contributed by atoms with Gasteiger partial charge in [0.25, 0.3) is 0 Å². The standard InChI is InChI=1S/C11H21N5O2/c1-4-7-16-10(12-13-14-16)9-15(2)8-5-6-11(17)18-3/h4-9H2,1-3H3. The Morgan fingerprint density at radius 3 is 2.94 bits per heavy atom. The number of rotatable bonds is 8. The number of esters is 1. The predicted molar refractivity (Wildman–Crippen MR) is 65.7 cm³/mol. The molecule has 0 amide bonds. The third-order valence-corrected chi connectivity index (χ3v) is 2.60. The molecule has 0 atom stereocenters. The molecule has 1 heterocycles. The molecular weight excluding hydrogens is 234 g/mol. The van der Waals surface area contributed by atoms with Crippen LogP contribution in [0.15, 0.2) is 0 Å². The number of aromatic nitrogens is 4. The smallest absolute Gasteiger partial charge is 0.305 e. The van der Waals surface area contributed by atoms with Crippen molar-refractivity contribution in [2.24, 2.45) is 0 Å². The Hall–Kier alpha value is -1.50. The molecule has 0 aliphatic carbocycles. The highest BCUT2D eigenvalue weighted by atomic mass is 16.5. The largest absolute Gasteiger partial charge is 0.469 e. The minimum absolute atomic E-state index is 0.167. The van der Waals surface area contributed by atoms with Gasteiger partial charge in [0.05, 0.1) is 13.7 Å². The Bertz CT molecular complexity index is 366. The Balaban J connectivity index is 2.32. The van der Waals surface area contributed by atoms with Crippen molar-refractivity contribution >= 4 is 5.97 Å². The van der Waals surface area contributed by atoms with Crippen LogP contribution < -0.4 is 0 Å². The maximum absolute atomic E-state index is 11.0. The topological polar surface area (TPSA) is 73.1 Å². The predicted octanol–water partition coefficient (Wildman–Crippen LogP) is 0.468. The van der Waals surface area contributed by atoms with Gasteiger partial charge in [-0.15, -0.1) is 5.10 Å². The van der Waals surface area contributed by atoms with Crippen LogP contribution in [0.25, 0.3) is 0 Å². The van der Waals surface area contributed by atoms with Gasteiger partial charge in [-0.1, -0.05) is 6.92 Å². The molecule has 7 heteroatoms. The van der Waals surface area contributed by atoms with Crippen LogP contribution in [-0.2, 0) is 22.6 Å². The minimum Gasteiger partial charge on any atom is -0.469 e. The van der Waals surface area contributed by atoms with Crippen LogP contribution in [0.4, 0.5) is 0 Å². The van der Waals surface area contributed by atoms with E-state index in [-0.39, 0.29) is 5.97 Å². The molecule has 0 radical (unpaired) electrons. The number of methoxy groups -OCH3 is 1. The summed E-state index contributed by atoms with van der Waals surface area (Å²) in [5, 5.41) is 11.6. The van der Waals surface area contributed by atoms with E-state index in [1.807, 2.05) is 11.7 Å². The number of tetrazole rings is 1. The highest BCUT2D eigenvalue weighted by molar-refractivity contribution is 5.69. The van der Waals surface area contributed by atoms with Gasteiger partial charge in [-0.25, -0.2) is 4.68 Å². The van der Waals surface area contributed by atoms with E-state index in [2.05, 4.69) is 32.1 Å². The van der Waals surface area contributed by atoms with Crippen LogP contribution in [-0.4, -0.2) is 51.8 Å². The monoisotopic (exact) mass is 255 g/mol. The van der Waals surface area contributed by atoms with Crippen LogP contribution in [0.3, 0.4) is 0 Å². The first-order valence-corrected chi connectivity index (χ1v) is 6.17. The van der Waals surface area contributed by atoms with E-state index >= 15 is 0 Å². The average molecular weight is 255 g/mol. The summed E-state index contributed by atoms with van der Waals surface area (Å²) in [4.78, 5) is 13.1. The molecule has 18 heavy (non-hydrogen) atoms. The fourth-order valence-corrected chi connectivity index (χ4v) is 1.64. The first-order valence-electron chi connectivity index (χ1n) is 6.17. The molecule has 7 nitrogen and oxygen atoms in total. The number of carbonyl (C=O) groups is 1. The molecule has 1 aromatic heterocycles. The van der Waals surface area contributed by atoms with Crippen molar-refractivity contribution in [1.82, 2.24) is 25.1 Å². The average Bonchev–Trinajstić information content (AvgIpc) is 2.77. The molecular formula is C11H21N5O2. The fraction of sp³-hybridized carbons (Fsp3) is 0.818. The molecule has 1 rings (SSSR count). The maximum Gasteiger partial charge on any atom is 0.305 e. The summed E-state index contributed by atoms with van der Waals surface area (Å²) < 4.78 is 6.41. The lowest BCUT2D eigenvalue weighted by atomic mass is 10.3. The van der Waals surface area contributed by atoms with Gasteiger partial charge in [-0.3, -0.25) is 9.69 Å². The molecule has 102 valence electrons. The van der Waals surface area contributed by atoms with Gasteiger partial charge in [0.1, 0.15) is 0 Å². The quantitative estimate of drug-likeness (QED) is 0.629. The molecule has 0 fully saturated rings. The summed E-state index contributed by atoms with van der Waals surface area (Å²) in [6, 6.07) is 0. The zero-order chi connectivity index (χ0) is 13.4. The summed E-state index contributed by atoms with van der Waals surface area (Å²) in [6.07, 6.45) is 2.23. The second kappa shape index (κ2) is 7.75. The number of hydrogen-bond donors (Lipinski definition) is 0. The Labute approximate surface area is 107 Å². The third-order valence-electron chi connectivity index (χ3n) is 2.60. The van der Waals surface area contributed by atoms with Crippen molar-refractivity contribution in [3.8, 4) is 0 Å². The summed E-state index contributed by atoms with van der Waals surface area (Å²) in [7, 11) is 3.40. The van der Waals surface area contributed by atoms with Gasteiger partial charge >= 0.3 is 5.97 Å². The number of hydrogen-bond acceptors (Lipinski definition) is 6. The Morgan fingerprint density at radius 2 is 2.28 bits per heavy atom. The number of nitrogens with zero attached hydrogens (tertiary/aromatic N) is 5. The van der Waals surface area contributed by atoms with Gasteiger partial charge < -0.3 is 4.74 Å². The zero-order valence-electron chi connectivity index (χ0n) is 11.3. The van der Waals surface area contributed by atoms with Gasteiger partial charge in [0.15, 0.2) is 5.82 Å². The zero-order valence-corrected chi connectivity index (χ0v) is 11.3. The van der Waals surface area contributed by atoms with Gasteiger partial charge in [0, 0.05) is 13.0 Å². The maximum atomic E-state index is 11.0. The van der Waals surface area contributed by atoms with Crippen molar-refractivity contribution in [1.29, 1.82) is 0 Å². The van der Waals surface area contributed by atoms with E-state index in [0.29, 0.717) is 13.0 Å². The number of aryl methyl sites for hydroxylation is 1. The van der Waals surface area contributed by atoms with Crippen LogP contribution in [0.2, 0.25) is 0 Å². The van der Waals surface area contributed by atoms with Crippen molar-refractivity contribution in [3.05, 3.63) is 5.82 Å². The molecule has 0 aliphatic rings. The van der Waals surface area contributed by atoms with Gasteiger partial charge in [-0.2, -0.15) is 0 Å². The molecule has 0 aliphatic heterocycles. The third kappa shape index (κ3) is 4.79. The molecule has 0 unspecified atom stereocenters. The highest BCUT2D eigenvalue weighted by Gasteiger charge is 2.09. The second-order valence-electron chi connectivity index (χ2n) is 4.24. The summed E-state index contributed by atoms with van der Waals surface area (Å²) in [5.74, 6) is 0.691. The van der Waals surface area contributed by atoms with Crippen LogP contribution in [0.1, 0.15) is 32.0 Å². The first kappa shape index (κ1) is 14.6. The van der Waals surface area contributed by atoms with Crippen molar-refractivity contribution in [3.63, 3.8) is 0 Å². The fourth-order valence-electron chi connectivity index (χ4n) is 1.64. The molecule has 0 N–H and O–H groups in total. The first-order chi connectivity index (χ1) is 8.67. The number of carbonyl (C=O) groups excluding carboxylic acids is 1.